The van der Waals surface area contributed by atoms with E-state index in [1.165, 1.54) is 0 Å². The Morgan fingerprint density at radius 1 is 1.11 bits per heavy atom. The number of rotatable bonds is 4. The van der Waals surface area contributed by atoms with Crippen LogP contribution in [0.1, 0.15) is 0 Å². The van der Waals surface area contributed by atoms with E-state index in [2.05, 4.69) is 0 Å². The third kappa shape index (κ3) is 6.76. The van der Waals surface area contributed by atoms with Crippen molar-refractivity contribution in [3.63, 3.8) is 0 Å². The molecule has 0 aliphatic carbocycles. The molecule has 52 valence electrons. The van der Waals surface area contributed by atoms with Crippen molar-refractivity contribution in [3.8, 4) is 0 Å². The number of hydrogen-bond acceptors (Lipinski definition) is 5. The van der Waals surface area contributed by atoms with Crippen LogP contribution in [0.5, 0.6) is 0 Å². The highest BCUT2D eigenvalue weighted by Gasteiger charge is 1.98. The molecule has 0 aliphatic rings. The smallest absolute Gasteiger partial charge is 0.261 e. The Hall–Kier alpha value is -1.24. The van der Waals surface area contributed by atoms with Crippen LogP contribution in [0.3, 0.4) is 0 Å². The lowest BCUT2D eigenvalue weighted by atomic mass is 11.0. The van der Waals surface area contributed by atoms with Gasteiger partial charge in [0.2, 0.25) is 0 Å². The second kappa shape index (κ2) is 3.72. The van der Waals surface area contributed by atoms with Gasteiger partial charge in [-0.2, -0.15) is 5.32 Å². The minimum atomic E-state index is -0.677. The number of nitrogens with zero attached hydrogens (tertiary/aromatic N) is 2. The highest BCUT2D eigenvalue weighted by Crippen LogP contribution is 1.63. The zero-order chi connectivity index (χ0) is 7.28. The van der Waals surface area contributed by atoms with Gasteiger partial charge in [0.25, 0.3) is 13.3 Å². The van der Waals surface area contributed by atoms with E-state index in [1.54, 1.807) is 0 Å². The van der Waals surface area contributed by atoms with Crippen LogP contribution < -0.4 is 5.32 Å². The van der Waals surface area contributed by atoms with Crippen molar-refractivity contribution >= 4 is 0 Å². The molecule has 0 saturated heterocycles. The summed E-state index contributed by atoms with van der Waals surface area (Å²) < 4.78 is 0. The molecule has 7 heteroatoms. The molecule has 0 fully saturated rings. The Balaban J connectivity index is 3.10. The Bertz CT molecular complexity index is 109. The minimum absolute atomic E-state index is 0.568. The SMILES string of the molecule is O=[N+]([O-])CNC[N+](=O)[O-]. The van der Waals surface area contributed by atoms with Gasteiger partial charge in [0.05, 0.1) is 0 Å². The summed E-state index contributed by atoms with van der Waals surface area (Å²) in [4.78, 5) is 17.6. The molecule has 0 rings (SSSR count). The molecule has 0 atom stereocenters. The first-order valence-corrected chi connectivity index (χ1v) is 2.07. The van der Waals surface area contributed by atoms with E-state index in [0.717, 1.165) is 0 Å². The molecule has 1 N–H and O–H groups in total. The molecular formula is C2H5N3O4. The second-order valence-electron chi connectivity index (χ2n) is 1.23. The fourth-order valence-corrected chi connectivity index (χ4v) is 0.233. The predicted octanol–water partition coefficient (Wildman–Crippen LogP) is -0.956. The minimum Gasteiger partial charge on any atom is -0.263 e. The van der Waals surface area contributed by atoms with Crippen molar-refractivity contribution in [2.75, 3.05) is 13.3 Å². The largest absolute Gasteiger partial charge is 0.263 e. The fourth-order valence-electron chi connectivity index (χ4n) is 0.233. The molecule has 0 aromatic rings. The first kappa shape index (κ1) is 7.76. The predicted molar refractivity (Wildman–Crippen MR) is 26.9 cm³/mol. The van der Waals surface area contributed by atoms with Gasteiger partial charge in [-0.15, -0.1) is 0 Å². The van der Waals surface area contributed by atoms with Crippen LogP contribution in [0.15, 0.2) is 0 Å². The maximum Gasteiger partial charge on any atom is 0.261 e. The third-order valence-electron chi connectivity index (χ3n) is 0.482. The first-order valence-electron chi connectivity index (χ1n) is 2.07. The molecule has 0 aromatic carbocycles. The summed E-state index contributed by atoms with van der Waals surface area (Å²) in [6, 6.07) is 0. The van der Waals surface area contributed by atoms with E-state index in [4.69, 9.17) is 0 Å². The molecule has 0 aliphatic heterocycles. The molecule has 0 saturated carbocycles. The second-order valence-corrected chi connectivity index (χ2v) is 1.23. The Kier molecular flexibility index (Phi) is 3.21. The summed E-state index contributed by atoms with van der Waals surface area (Å²) in [5.41, 5.74) is 0. The van der Waals surface area contributed by atoms with E-state index in [-0.39, 0.29) is 0 Å². The van der Waals surface area contributed by atoms with Gasteiger partial charge in [-0.25, -0.2) is 0 Å². The molecule has 7 nitrogen and oxygen atoms in total. The lowest BCUT2D eigenvalue weighted by molar-refractivity contribution is -0.520. The Morgan fingerprint density at radius 3 is 1.67 bits per heavy atom. The van der Waals surface area contributed by atoms with Crippen molar-refractivity contribution in [1.29, 1.82) is 0 Å². The molecule has 0 spiro atoms. The van der Waals surface area contributed by atoms with Crippen LogP contribution in [-0.2, 0) is 0 Å². The van der Waals surface area contributed by atoms with Gasteiger partial charge in [-0.05, 0) is 0 Å². The molecule has 0 amide bonds. The summed E-state index contributed by atoms with van der Waals surface area (Å²) in [6.45, 7) is -1.14. The van der Waals surface area contributed by atoms with E-state index < -0.39 is 23.2 Å². The maximum absolute atomic E-state index is 9.50. The van der Waals surface area contributed by atoms with Crippen molar-refractivity contribution in [2.24, 2.45) is 0 Å². The summed E-state index contributed by atoms with van der Waals surface area (Å²) in [5, 5.41) is 21.0. The van der Waals surface area contributed by atoms with Crippen LogP contribution in [0.25, 0.3) is 0 Å². The van der Waals surface area contributed by atoms with Crippen molar-refractivity contribution < 1.29 is 9.85 Å². The molecule has 0 bridgehead atoms. The highest BCUT2D eigenvalue weighted by molar-refractivity contribution is 4.21. The lowest BCUT2D eigenvalue weighted by Gasteiger charge is -1.90. The van der Waals surface area contributed by atoms with Gasteiger partial charge >= 0.3 is 0 Å². The van der Waals surface area contributed by atoms with Crippen molar-refractivity contribution in [2.45, 2.75) is 0 Å². The zero-order valence-corrected chi connectivity index (χ0v) is 4.44. The quantitative estimate of drug-likeness (QED) is 0.304. The molecule has 9 heavy (non-hydrogen) atoms. The van der Waals surface area contributed by atoms with Crippen molar-refractivity contribution in [1.82, 2.24) is 5.32 Å². The number of nitrogens with one attached hydrogen (secondary N) is 1. The van der Waals surface area contributed by atoms with E-state index in [9.17, 15) is 20.2 Å². The molecular weight excluding hydrogens is 130 g/mol. The van der Waals surface area contributed by atoms with Crippen LogP contribution in [0.4, 0.5) is 0 Å². The normalized spacial score (nSPS) is 8.89. The average molecular weight is 135 g/mol. The summed E-state index contributed by atoms with van der Waals surface area (Å²) in [6.07, 6.45) is 0. The van der Waals surface area contributed by atoms with Crippen LogP contribution >= 0.6 is 0 Å². The van der Waals surface area contributed by atoms with E-state index >= 15 is 0 Å². The third-order valence-corrected chi connectivity index (χ3v) is 0.482. The maximum atomic E-state index is 9.50. The van der Waals surface area contributed by atoms with Gasteiger partial charge in [0, 0.05) is 9.85 Å². The summed E-state index contributed by atoms with van der Waals surface area (Å²) in [5.74, 6) is 0. The number of nitro groups is 2. The Morgan fingerprint density at radius 2 is 1.44 bits per heavy atom. The summed E-state index contributed by atoms with van der Waals surface area (Å²) in [7, 11) is 0. The molecule has 0 heterocycles. The average Bonchev–Trinajstić information content (AvgIpc) is 1.63. The van der Waals surface area contributed by atoms with Gasteiger partial charge in [-0.3, -0.25) is 20.2 Å². The zero-order valence-electron chi connectivity index (χ0n) is 4.44. The van der Waals surface area contributed by atoms with Crippen molar-refractivity contribution in [3.05, 3.63) is 20.2 Å². The van der Waals surface area contributed by atoms with Gasteiger partial charge in [0.15, 0.2) is 0 Å². The Labute approximate surface area is 50.0 Å². The van der Waals surface area contributed by atoms with Gasteiger partial charge in [-0.1, -0.05) is 0 Å². The molecule has 0 aromatic heterocycles. The highest BCUT2D eigenvalue weighted by atomic mass is 16.6. The van der Waals surface area contributed by atoms with Gasteiger partial charge in [0.1, 0.15) is 0 Å². The van der Waals surface area contributed by atoms with Gasteiger partial charge < -0.3 is 0 Å². The summed E-state index contributed by atoms with van der Waals surface area (Å²) >= 11 is 0. The fraction of sp³-hybridized carbons (Fsp3) is 1.00. The van der Waals surface area contributed by atoms with E-state index in [1.807, 2.05) is 5.32 Å². The molecule has 0 radical (unpaired) electrons. The monoisotopic (exact) mass is 135 g/mol. The molecule has 0 unspecified atom stereocenters. The standard InChI is InChI=1S/C2H5N3O4/c6-4(7)1-3-2-5(8)9/h3H,1-2H2. The van der Waals surface area contributed by atoms with Crippen LogP contribution in [-0.4, -0.2) is 23.2 Å². The topological polar surface area (TPSA) is 98.3 Å². The van der Waals surface area contributed by atoms with E-state index in [0.29, 0.717) is 0 Å². The van der Waals surface area contributed by atoms with Crippen LogP contribution in [0.2, 0.25) is 0 Å². The van der Waals surface area contributed by atoms with Crippen LogP contribution in [0, 0.1) is 20.2 Å². The number of hydrogen-bond donors (Lipinski definition) is 1. The first-order chi connectivity index (χ1) is 4.13. The lowest BCUT2D eigenvalue weighted by Crippen LogP contribution is -2.27.